The molecular weight excluding hydrogens is 342 g/mol. The fourth-order valence-corrected chi connectivity index (χ4v) is 3.88. The van der Waals surface area contributed by atoms with Gasteiger partial charge in [0.05, 0.1) is 30.7 Å². The van der Waals surface area contributed by atoms with Crippen LogP contribution in [0.3, 0.4) is 0 Å². The van der Waals surface area contributed by atoms with Gasteiger partial charge >= 0.3 is 5.97 Å². The molecule has 3 heterocycles. The molecule has 0 radical (unpaired) electrons. The lowest BCUT2D eigenvalue weighted by Crippen LogP contribution is -2.03. The maximum Gasteiger partial charge on any atom is 0.338 e. The Bertz CT molecular complexity index is 846. The molecule has 0 saturated carbocycles. The predicted octanol–water partition coefficient (Wildman–Crippen LogP) is 2.34. The van der Waals surface area contributed by atoms with Crippen LogP contribution in [0.2, 0.25) is 0 Å². The number of methoxy groups -OCH3 is 2. The topological polar surface area (TPSA) is 102 Å². The van der Waals surface area contributed by atoms with Crippen LogP contribution in [0.15, 0.2) is 39.8 Å². The van der Waals surface area contributed by atoms with Gasteiger partial charge in [-0.15, -0.1) is 0 Å². The molecule has 2 N–H and O–H groups in total. The third-order valence-corrected chi connectivity index (χ3v) is 5.06. The molecule has 1 aliphatic heterocycles. The van der Waals surface area contributed by atoms with Crippen molar-refractivity contribution < 1.29 is 14.3 Å². The largest absolute Gasteiger partial charge is 0.465 e. The smallest absolute Gasteiger partial charge is 0.338 e. The van der Waals surface area contributed by atoms with Crippen molar-refractivity contribution in [3.05, 3.63) is 46.0 Å². The quantitative estimate of drug-likeness (QED) is 0.412. The van der Waals surface area contributed by atoms with E-state index in [0.29, 0.717) is 23.2 Å². The first-order chi connectivity index (χ1) is 12.1. The molecule has 0 spiro atoms. The number of hydrogen-bond donors (Lipinski definition) is 3. The standard InChI is InChI=1S/C16H19N5O3S/c1-10-6-14(21-20-10)18-13-7-12(8-23-2)17-16(19-13)25-5-4-11(9-25)15(22)24-3/h4-7,9,25H,8H2,1-3H3,(H2,17,18,19,20,21). The number of aryl methyl sites for hydroxylation is 1. The molecule has 9 heteroatoms. The lowest BCUT2D eigenvalue weighted by Gasteiger charge is -2.13. The van der Waals surface area contributed by atoms with E-state index in [9.17, 15) is 4.79 Å². The Kier molecular flexibility index (Phi) is 5.15. The summed E-state index contributed by atoms with van der Waals surface area (Å²) in [6.45, 7) is 2.27. The monoisotopic (exact) mass is 361 g/mol. The van der Waals surface area contributed by atoms with E-state index in [1.54, 1.807) is 13.2 Å². The number of thiol groups is 1. The molecular formula is C16H19N5O3S. The molecule has 8 nitrogen and oxygen atoms in total. The van der Waals surface area contributed by atoms with Gasteiger partial charge in [0.1, 0.15) is 11.6 Å². The van der Waals surface area contributed by atoms with Crippen LogP contribution >= 0.6 is 10.9 Å². The SMILES string of the molecule is COCc1cc(Nc2cc(C)n[nH]2)nc([SH]2C=CC(C(=O)OC)=C2)n1. The molecule has 0 amide bonds. The zero-order valence-electron chi connectivity index (χ0n) is 14.1. The fraction of sp³-hybridized carbons (Fsp3) is 0.250. The van der Waals surface area contributed by atoms with Crippen molar-refractivity contribution in [2.75, 3.05) is 19.5 Å². The third-order valence-electron chi connectivity index (χ3n) is 3.37. The van der Waals surface area contributed by atoms with Crippen molar-refractivity contribution in [2.24, 2.45) is 0 Å². The van der Waals surface area contributed by atoms with E-state index >= 15 is 0 Å². The first kappa shape index (κ1) is 17.2. The number of esters is 1. The molecule has 2 aromatic heterocycles. The van der Waals surface area contributed by atoms with E-state index in [2.05, 4.69) is 25.5 Å². The van der Waals surface area contributed by atoms with Gasteiger partial charge in [-0.1, -0.05) is 0 Å². The Morgan fingerprint density at radius 2 is 2.16 bits per heavy atom. The first-order valence-corrected chi connectivity index (χ1v) is 8.99. The Morgan fingerprint density at radius 3 is 2.84 bits per heavy atom. The fourth-order valence-electron chi connectivity index (χ4n) is 2.27. The number of nitrogens with zero attached hydrogens (tertiary/aromatic N) is 3. The van der Waals surface area contributed by atoms with E-state index in [1.807, 2.05) is 29.9 Å². The molecule has 2 aromatic rings. The van der Waals surface area contributed by atoms with Crippen LogP contribution in [-0.4, -0.2) is 40.4 Å². The highest BCUT2D eigenvalue weighted by molar-refractivity contribution is 8.22. The van der Waals surface area contributed by atoms with Gasteiger partial charge in [-0.05, 0) is 23.8 Å². The Labute approximate surface area is 147 Å². The van der Waals surface area contributed by atoms with Crippen LogP contribution in [0, 0.1) is 6.92 Å². The number of ether oxygens (including phenoxy) is 2. The molecule has 132 valence electrons. The van der Waals surface area contributed by atoms with Crippen molar-refractivity contribution in [1.82, 2.24) is 20.2 Å². The van der Waals surface area contributed by atoms with Gasteiger partial charge in [-0.25, -0.2) is 14.8 Å². The summed E-state index contributed by atoms with van der Waals surface area (Å²) in [5.41, 5.74) is 2.15. The average molecular weight is 361 g/mol. The average Bonchev–Trinajstić information content (AvgIpc) is 3.23. The van der Waals surface area contributed by atoms with Crippen LogP contribution in [0.4, 0.5) is 11.6 Å². The Hall–Kier alpha value is -2.65. The second-order valence-electron chi connectivity index (χ2n) is 5.32. The number of anilines is 2. The zero-order chi connectivity index (χ0) is 17.8. The van der Waals surface area contributed by atoms with Crippen LogP contribution < -0.4 is 5.32 Å². The van der Waals surface area contributed by atoms with Gasteiger partial charge in [0.25, 0.3) is 0 Å². The lowest BCUT2D eigenvalue weighted by molar-refractivity contribution is -0.135. The normalized spacial score (nSPS) is 17.4. The lowest BCUT2D eigenvalue weighted by atomic mass is 10.3. The minimum atomic E-state index is -0.917. The molecule has 25 heavy (non-hydrogen) atoms. The molecule has 3 rings (SSSR count). The van der Waals surface area contributed by atoms with Crippen LogP contribution in [-0.2, 0) is 20.9 Å². The summed E-state index contributed by atoms with van der Waals surface area (Å²) in [5, 5.41) is 14.6. The van der Waals surface area contributed by atoms with E-state index < -0.39 is 10.9 Å². The number of hydrogen-bond acceptors (Lipinski definition) is 7. The summed E-state index contributed by atoms with van der Waals surface area (Å²) in [4.78, 5) is 20.8. The maximum absolute atomic E-state index is 11.7. The highest BCUT2D eigenvalue weighted by atomic mass is 32.2. The molecule has 0 aliphatic carbocycles. The molecule has 0 fully saturated rings. The minimum Gasteiger partial charge on any atom is -0.465 e. The van der Waals surface area contributed by atoms with Gasteiger partial charge in [0, 0.05) is 19.2 Å². The summed E-state index contributed by atoms with van der Waals surface area (Å²) in [7, 11) is 2.06. The number of rotatable bonds is 6. The second-order valence-corrected chi connectivity index (χ2v) is 7.10. The number of carbonyl (C=O) groups excluding carboxylic acids is 1. The summed E-state index contributed by atoms with van der Waals surface area (Å²) in [6, 6.07) is 3.71. The third kappa shape index (κ3) is 4.06. The van der Waals surface area contributed by atoms with Crippen molar-refractivity contribution in [3.8, 4) is 0 Å². The number of H-pyrrole nitrogens is 1. The van der Waals surface area contributed by atoms with Gasteiger partial charge in [-0.2, -0.15) is 16.0 Å². The number of aromatic amines is 1. The highest BCUT2D eigenvalue weighted by Gasteiger charge is 2.18. The maximum atomic E-state index is 11.7. The summed E-state index contributed by atoms with van der Waals surface area (Å²) >= 11 is 0. The summed E-state index contributed by atoms with van der Waals surface area (Å²) in [6.07, 6.45) is 1.75. The molecule has 1 unspecified atom stereocenters. The second kappa shape index (κ2) is 7.49. The van der Waals surface area contributed by atoms with Crippen LogP contribution in [0.25, 0.3) is 0 Å². The van der Waals surface area contributed by atoms with Gasteiger partial charge in [0.15, 0.2) is 5.16 Å². The van der Waals surface area contributed by atoms with Crippen LogP contribution in [0.5, 0.6) is 0 Å². The van der Waals surface area contributed by atoms with Crippen LogP contribution in [0.1, 0.15) is 11.4 Å². The number of carbonyl (C=O) groups is 1. The molecule has 0 bridgehead atoms. The van der Waals surface area contributed by atoms with E-state index in [4.69, 9.17) is 9.47 Å². The van der Waals surface area contributed by atoms with Gasteiger partial charge in [-0.3, -0.25) is 5.10 Å². The van der Waals surface area contributed by atoms with Crippen molar-refractivity contribution in [3.63, 3.8) is 0 Å². The van der Waals surface area contributed by atoms with Crippen molar-refractivity contribution >= 4 is 28.5 Å². The Morgan fingerprint density at radius 1 is 1.32 bits per heavy atom. The van der Waals surface area contributed by atoms with Crippen molar-refractivity contribution in [1.29, 1.82) is 0 Å². The zero-order valence-corrected chi connectivity index (χ0v) is 15.0. The molecule has 1 aliphatic rings. The van der Waals surface area contributed by atoms with Gasteiger partial charge in [0.2, 0.25) is 0 Å². The molecule has 0 saturated heterocycles. The number of aromatic nitrogens is 4. The number of nitrogens with one attached hydrogen (secondary N) is 2. The van der Waals surface area contributed by atoms with E-state index in [-0.39, 0.29) is 5.97 Å². The van der Waals surface area contributed by atoms with E-state index in [0.717, 1.165) is 17.2 Å². The molecule has 1 atom stereocenters. The van der Waals surface area contributed by atoms with Gasteiger partial charge < -0.3 is 14.8 Å². The first-order valence-electron chi connectivity index (χ1n) is 7.51. The highest BCUT2D eigenvalue weighted by Crippen LogP contribution is 2.42. The van der Waals surface area contributed by atoms with Crippen molar-refractivity contribution in [2.45, 2.75) is 18.7 Å². The Balaban J connectivity index is 1.89. The molecule has 0 aromatic carbocycles. The summed E-state index contributed by atoms with van der Waals surface area (Å²) in [5.74, 6) is 1.02. The van der Waals surface area contributed by atoms with E-state index in [1.165, 1.54) is 7.11 Å². The minimum absolute atomic E-state index is 0.361. The predicted molar refractivity (Wildman–Crippen MR) is 95.8 cm³/mol. The summed E-state index contributed by atoms with van der Waals surface area (Å²) < 4.78 is 9.95.